The minimum absolute atomic E-state index is 0.0451. The number of hydrogen-bond donors (Lipinski definition) is 0. The molecule has 0 fully saturated rings. The van der Waals surface area contributed by atoms with Gasteiger partial charge in [-0.05, 0) is 25.2 Å². The zero-order valence-electron chi connectivity index (χ0n) is 24.1. The molecular weight excluding hydrogens is 416 g/mol. The van der Waals surface area contributed by atoms with Gasteiger partial charge in [0, 0.05) is 0 Å². The fourth-order valence-corrected chi connectivity index (χ4v) is 4.96. The van der Waals surface area contributed by atoms with Crippen molar-refractivity contribution in [2.24, 2.45) is 11.8 Å². The van der Waals surface area contributed by atoms with E-state index in [1.54, 1.807) is 0 Å². The molecule has 0 aromatic heterocycles. The average Bonchev–Trinajstić information content (AvgIpc) is 2.84. The van der Waals surface area contributed by atoms with Crippen molar-refractivity contribution in [3.05, 3.63) is 0 Å². The van der Waals surface area contributed by atoms with Crippen LogP contribution in [0.4, 0.5) is 0 Å². The highest BCUT2D eigenvalue weighted by Crippen LogP contribution is 2.20. The van der Waals surface area contributed by atoms with Crippen molar-refractivity contribution in [1.29, 1.82) is 0 Å². The van der Waals surface area contributed by atoms with Crippen LogP contribution in [0, 0.1) is 11.8 Å². The Balaban J connectivity index is 3.70. The van der Waals surface area contributed by atoms with E-state index in [4.69, 9.17) is 4.74 Å². The predicted octanol–water partition coefficient (Wildman–Crippen LogP) is 11.2. The molecule has 2 atom stereocenters. The minimum Gasteiger partial charge on any atom is -0.465 e. The Hall–Kier alpha value is -0.530. The molecule has 0 bridgehead atoms. The summed E-state index contributed by atoms with van der Waals surface area (Å²) in [5.41, 5.74) is 0. The summed E-state index contributed by atoms with van der Waals surface area (Å²) in [6.45, 7) is 9.53. The molecule has 2 unspecified atom stereocenters. The first-order chi connectivity index (χ1) is 16.7. The number of hydrogen-bond acceptors (Lipinski definition) is 2. The third-order valence-electron chi connectivity index (χ3n) is 7.54. The first-order valence-corrected chi connectivity index (χ1v) is 15.8. The SMILES string of the molecule is CCCCCCCCCCCCCCCCC(C)C(=O)OCC(CCCCC)CCCCCC. The van der Waals surface area contributed by atoms with Gasteiger partial charge in [0.15, 0.2) is 0 Å². The molecule has 2 heteroatoms. The summed E-state index contributed by atoms with van der Waals surface area (Å²) in [6, 6.07) is 0. The number of ether oxygens (including phenoxy) is 1. The molecule has 0 amide bonds. The monoisotopic (exact) mass is 480 g/mol. The van der Waals surface area contributed by atoms with Gasteiger partial charge in [0.2, 0.25) is 0 Å². The van der Waals surface area contributed by atoms with Gasteiger partial charge in [-0.25, -0.2) is 0 Å². The van der Waals surface area contributed by atoms with Crippen LogP contribution in [0.15, 0.2) is 0 Å². The van der Waals surface area contributed by atoms with Crippen LogP contribution in [0.25, 0.3) is 0 Å². The second kappa shape index (κ2) is 27.1. The highest BCUT2D eigenvalue weighted by molar-refractivity contribution is 5.71. The van der Waals surface area contributed by atoms with Gasteiger partial charge in [0.05, 0.1) is 12.5 Å². The van der Waals surface area contributed by atoms with Crippen molar-refractivity contribution < 1.29 is 9.53 Å². The lowest BCUT2D eigenvalue weighted by Gasteiger charge is -2.19. The highest BCUT2D eigenvalue weighted by atomic mass is 16.5. The molecule has 0 radical (unpaired) electrons. The van der Waals surface area contributed by atoms with Gasteiger partial charge < -0.3 is 4.74 Å². The first kappa shape index (κ1) is 33.5. The second-order valence-corrected chi connectivity index (χ2v) is 11.1. The summed E-state index contributed by atoms with van der Waals surface area (Å²) in [4.78, 5) is 12.5. The fourth-order valence-electron chi connectivity index (χ4n) is 4.96. The van der Waals surface area contributed by atoms with Gasteiger partial charge in [0.1, 0.15) is 0 Å². The molecule has 0 spiro atoms. The maximum Gasteiger partial charge on any atom is 0.308 e. The average molecular weight is 481 g/mol. The summed E-state index contributed by atoms with van der Waals surface area (Å²) >= 11 is 0. The zero-order chi connectivity index (χ0) is 25.1. The molecule has 0 N–H and O–H groups in total. The number of carbonyl (C=O) groups is 1. The van der Waals surface area contributed by atoms with E-state index in [-0.39, 0.29) is 11.9 Å². The number of carbonyl (C=O) groups excluding carboxylic acids is 1. The van der Waals surface area contributed by atoms with Gasteiger partial charge in [-0.3, -0.25) is 4.79 Å². The number of rotatable bonds is 27. The van der Waals surface area contributed by atoms with Crippen LogP contribution in [0.5, 0.6) is 0 Å². The zero-order valence-corrected chi connectivity index (χ0v) is 24.1. The van der Waals surface area contributed by atoms with E-state index in [1.165, 1.54) is 148 Å². The Bertz CT molecular complexity index is 406. The molecular formula is C32H64O2. The quantitative estimate of drug-likeness (QED) is 0.0862. The van der Waals surface area contributed by atoms with E-state index < -0.39 is 0 Å². The smallest absolute Gasteiger partial charge is 0.308 e. The van der Waals surface area contributed by atoms with Crippen molar-refractivity contribution in [3.8, 4) is 0 Å². The molecule has 0 saturated heterocycles. The number of unbranched alkanes of at least 4 members (excludes halogenated alkanes) is 18. The summed E-state index contributed by atoms with van der Waals surface area (Å²) in [5, 5.41) is 0. The van der Waals surface area contributed by atoms with E-state index in [0.717, 1.165) is 6.42 Å². The topological polar surface area (TPSA) is 26.3 Å². The Morgan fingerprint density at radius 3 is 1.29 bits per heavy atom. The lowest BCUT2D eigenvalue weighted by molar-refractivity contribution is -0.149. The molecule has 0 aromatic carbocycles. The standard InChI is InChI=1S/C32H64O2/c1-5-8-11-13-14-15-16-17-18-19-20-21-22-24-26-30(4)32(33)34-29-31(27-23-10-7-3)28-25-12-9-6-2/h30-31H,5-29H2,1-4H3. The van der Waals surface area contributed by atoms with Gasteiger partial charge >= 0.3 is 5.97 Å². The van der Waals surface area contributed by atoms with E-state index in [9.17, 15) is 4.79 Å². The normalized spacial score (nSPS) is 13.2. The molecule has 0 rings (SSSR count). The Kier molecular flexibility index (Phi) is 26.6. The van der Waals surface area contributed by atoms with E-state index >= 15 is 0 Å². The van der Waals surface area contributed by atoms with Crippen LogP contribution < -0.4 is 0 Å². The van der Waals surface area contributed by atoms with E-state index in [2.05, 4.69) is 27.7 Å². The third kappa shape index (κ3) is 23.2. The van der Waals surface area contributed by atoms with Gasteiger partial charge in [-0.15, -0.1) is 0 Å². The maximum atomic E-state index is 12.5. The minimum atomic E-state index is 0.0451. The summed E-state index contributed by atoms with van der Waals surface area (Å²) in [7, 11) is 0. The van der Waals surface area contributed by atoms with Crippen LogP contribution in [0.3, 0.4) is 0 Å². The third-order valence-corrected chi connectivity index (χ3v) is 7.54. The molecule has 0 heterocycles. The molecule has 2 nitrogen and oxygen atoms in total. The van der Waals surface area contributed by atoms with Crippen molar-refractivity contribution in [2.45, 2.75) is 182 Å². The second-order valence-electron chi connectivity index (χ2n) is 11.1. The Morgan fingerprint density at radius 1 is 0.500 bits per heavy atom. The van der Waals surface area contributed by atoms with Crippen LogP contribution >= 0.6 is 0 Å². The van der Waals surface area contributed by atoms with Crippen molar-refractivity contribution in [3.63, 3.8) is 0 Å². The summed E-state index contributed by atoms with van der Waals surface area (Å²) in [5.74, 6) is 0.679. The van der Waals surface area contributed by atoms with Crippen molar-refractivity contribution >= 4 is 5.97 Å². The van der Waals surface area contributed by atoms with Crippen molar-refractivity contribution in [2.75, 3.05) is 6.61 Å². The lowest BCUT2D eigenvalue weighted by Crippen LogP contribution is -2.19. The molecule has 0 aliphatic rings. The first-order valence-electron chi connectivity index (χ1n) is 15.8. The van der Waals surface area contributed by atoms with Crippen LogP contribution in [-0.4, -0.2) is 12.6 Å². The Labute approximate surface area is 215 Å². The van der Waals surface area contributed by atoms with Crippen LogP contribution in [0.2, 0.25) is 0 Å². The molecule has 204 valence electrons. The van der Waals surface area contributed by atoms with Gasteiger partial charge in [0.25, 0.3) is 0 Å². The fraction of sp³-hybridized carbons (Fsp3) is 0.969. The van der Waals surface area contributed by atoms with Gasteiger partial charge in [-0.2, -0.15) is 0 Å². The molecule has 34 heavy (non-hydrogen) atoms. The summed E-state index contributed by atoms with van der Waals surface area (Å²) < 4.78 is 5.78. The number of esters is 1. The lowest BCUT2D eigenvalue weighted by atomic mass is 9.95. The van der Waals surface area contributed by atoms with E-state index in [0.29, 0.717) is 12.5 Å². The Morgan fingerprint density at radius 2 is 0.824 bits per heavy atom. The molecule has 0 aliphatic heterocycles. The maximum absolute atomic E-state index is 12.5. The van der Waals surface area contributed by atoms with Crippen molar-refractivity contribution in [1.82, 2.24) is 0 Å². The van der Waals surface area contributed by atoms with Gasteiger partial charge in [-0.1, -0.05) is 163 Å². The molecule has 0 saturated carbocycles. The van der Waals surface area contributed by atoms with Crippen LogP contribution in [0.1, 0.15) is 182 Å². The summed E-state index contributed by atoms with van der Waals surface area (Å²) in [6.07, 6.45) is 31.8. The molecule has 0 aromatic rings. The van der Waals surface area contributed by atoms with Crippen LogP contribution in [-0.2, 0) is 9.53 Å². The van der Waals surface area contributed by atoms with E-state index in [1.807, 2.05) is 0 Å². The predicted molar refractivity (Wildman–Crippen MR) is 151 cm³/mol. The molecule has 0 aliphatic carbocycles. The largest absolute Gasteiger partial charge is 0.465 e. The highest BCUT2D eigenvalue weighted by Gasteiger charge is 2.17.